The first-order chi connectivity index (χ1) is 15.3. The van der Waals surface area contributed by atoms with E-state index in [2.05, 4.69) is 9.97 Å². The standard InChI is InChI=1S/C22H24F4N4O2S/c1-21(2,3)11-30-10-16(20(22(24,25)26)29-33(31,32)13-4-5-13)14-8-17(23)15(9-19(14)30)18-6-7-27-12-28-18/h6-10,12-13,20,29H,4-5,11H2,1-3H3/t20-/m0/s1. The van der Waals surface area contributed by atoms with Crippen molar-refractivity contribution in [2.75, 3.05) is 0 Å². The van der Waals surface area contributed by atoms with Gasteiger partial charge in [-0.25, -0.2) is 22.8 Å². The fourth-order valence-electron chi connectivity index (χ4n) is 3.80. The van der Waals surface area contributed by atoms with Crippen LogP contribution in [0.15, 0.2) is 36.9 Å². The number of rotatable bonds is 6. The topological polar surface area (TPSA) is 76.9 Å². The molecule has 11 heteroatoms. The molecule has 0 aliphatic heterocycles. The molecule has 2 heterocycles. The number of alkyl halides is 3. The lowest BCUT2D eigenvalue weighted by Crippen LogP contribution is -2.39. The quantitative estimate of drug-likeness (QED) is 0.502. The molecule has 33 heavy (non-hydrogen) atoms. The van der Waals surface area contributed by atoms with Gasteiger partial charge in [-0.15, -0.1) is 0 Å². The van der Waals surface area contributed by atoms with E-state index >= 15 is 4.39 Å². The number of aromatic nitrogens is 3. The van der Waals surface area contributed by atoms with Crippen LogP contribution in [-0.4, -0.2) is 34.4 Å². The molecule has 1 fully saturated rings. The zero-order valence-corrected chi connectivity index (χ0v) is 19.1. The number of fused-ring (bicyclic) bond motifs is 1. The Morgan fingerprint density at radius 2 is 1.91 bits per heavy atom. The molecule has 1 aromatic carbocycles. The molecular weight excluding hydrogens is 460 g/mol. The van der Waals surface area contributed by atoms with Gasteiger partial charge in [0.25, 0.3) is 0 Å². The van der Waals surface area contributed by atoms with E-state index in [0.29, 0.717) is 24.9 Å². The van der Waals surface area contributed by atoms with Crippen LogP contribution in [0.1, 0.15) is 45.2 Å². The lowest BCUT2D eigenvalue weighted by Gasteiger charge is -2.22. The predicted molar refractivity (Wildman–Crippen MR) is 116 cm³/mol. The highest BCUT2D eigenvalue weighted by molar-refractivity contribution is 7.90. The van der Waals surface area contributed by atoms with E-state index in [-0.39, 0.29) is 27.6 Å². The van der Waals surface area contributed by atoms with Crippen molar-refractivity contribution < 1.29 is 26.0 Å². The highest BCUT2D eigenvalue weighted by Gasteiger charge is 2.47. The van der Waals surface area contributed by atoms with Gasteiger partial charge in [0, 0.05) is 41.0 Å². The number of halogens is 4. The fourth-order valence-corrected chi connectivity index (χ4v) is 5.34. The van der Waals surface area contributed by atoms with Crippen molar-refractivity contribution in [2.24, 2.45) is 5.41 Å². The van der Waals surface area contributed by atoms with E-state index in [0.717, 1.165) is 6.07 Å². The maximum absolute atomic E-state index is 15.1. The average Bonchev–Trinajstić information content (AvgIpc) is 3.50. The van der Waals surface area contributed by atoms with E-state index in [4.69, 9.17) is 0 Å². The monoisotopic (exact) mass is 484 g/mol. The normalized spacial score (nSPS) is 16.3. The van der Waals surface area contributed by atoms with Crippen molar-refractivity contribution in [3.63, 3.8) is 0 Å². The molecule has 4 rings (SSSR count). The van der Waals surface area contributed by atoms with Gasteiger partial charge in [-0.2, -0.15) is 17.9 Å². The van der Waals surface area contributed by atoms with Crippen LogP contribution in [0.2, 0.25) is 0 Å². The Morgan fingerprint density at radius 1 is 1.21 bits per heavy atom. The van der Waals surface area contributed by atoms with Crippen LogP contribution in [0.5, 0.6) is 0 Å². The number of benzene rings is 1. The summed E-state index contributed by atoms with van der Waals surface area (Å²) in [7, 11) is -4.16. The van der Waals surface area contributed by atoms with Crippen molar-refractivity contribution in [3.8, 4) is 11.3 Å². The number of sulfonamides is 1. The van der Waals surface area contributed by atoms with E-state index in [9.17, 15) is 21.6 Å². The first-order valence-corrected chi connectivity index (χ1v) is 12.0. The Hall–Kier alpha value is -2.53. The molecule has 0 unspecified atom stereocenters. The summed E-state index contributed by atoms with van der Waals surface area (Å²) in [5.74, 6) is -0.762. The van der Waals surface area contributed by atoms with Crippen molar-refractivity contribution in [2.45, 2.75) is 57.6 Å². The molecule has 0 saturated heterocycles. The van der Waals surface area contributed by atoms with Crippen LogP contribution < -0.4 is 4.72 Å². The first-order valence-electron chi connectivity index (χ1n) is 10.4. The van der Waals surface area contributed by atoms with Crippen LogP contribution in [0.4, 0.5) is 17.6 Å². The molecule has 0 spiro atoms. The summed E-state index contributed by atoms with van der Waals surface area (Å²) < 4.78 is 85.6. The lowest BCUT2D eigenvalue weighted by atomic mass is 9.97. The molecule has 1 N–H and O–H groups in total. The molecule has 1 aliphatic carbocycles. The van der Waals surface area contributed by atoms with E-state index in [1.54, 1.807) is 4.57 Å². The lowest BCUT2D eigenvalue weighted by molar-refractivity contribution is -0.152. The van der Waals surface area contributed by atoms with E-state index in [1.807, 2.05) is 25.5 Å². The van der Waals surface area contributed by atoms with Gasteiger partial charge in [0.05, 0.1) is 10.9 Å². The summed E-state index contributed by atoms with van der Waals surface area (Å²) >= 11 is 0. The van der Waals surface area contributed by atoms with Crippen LogP contribution in [0.25, 0.3) is 22.2 Å². The molecule has 1 aliphatic rings. The number of hydrogen-bond donors (Lipinski definition) is 1. The Morgan fingerprint density at radius 3 is 2.45 bits per heavy atom. The van der Waals surface area contributed by atoms with Crippen LogP contribution >= 0.6 is 0 Å². The Labute approximate surface area is 189 Å². The molecule has 2 aromatic heterocycles. The van der Waals surface area contributed by atoms with Gasteiger partial charge in [-0.1, -0.05) is 20.8 Å². The van der Waals surface area contributed by atoms with Crippen molar-refractivity contribution in [1.29, 1.82) is 0 Å². The summed E-state index contributed by atoms with van der Waals surface area (Å²) in [6, 6.07) is 1.48. The Kier molecular flexibility index (Phi) is 5.76. The fraction of sp³-hybridized carbons (Fsp3) is 0.455. The predicted octanol–water partition coefficient (Wildman–Crippen LogP) is 4.97. The van der Waals surface area contributed by atoms with Gasteiger partial charge < -0.3 is 4.57 Å². The summed E-state index contributed by atoms with van der Waals surface area (Å²) in [6.07, 6.45) is -0.300. The Balaban J connectivity index is 1.92. The molecular formula is C22H24F4N4O2S. The minimum atomic E-state index is -4.91. The van der Waals surface area contributed by atoms with Gasteiger partial charge in [-0.3, -0.25) is 0 Å². The van der Waals surface area contributed by atoms with Crippen molar-refractivity contribution >= 4 is 20.9 Å². The SMILES string of the molecule is CC(C)(C)Cn1cc([C@H](NS(=O)(=O)C2CC2)C(F)(F)F)c2cc(F)c(-c3ccncn3)cc21. The maximum atomic E-state index is 15.1. The summed E-state index contributed by atoms with van der Waals surface area (Å²) in [5.41, 5.74) is 0.116. The molecule has 0 amide bonds. The van der Waals surface area contributed by atoms with Gasteiger partial charge in [0.2, 0.25) is 10.0 Å². The second-order valence-corrected chi connectivity index (χ2v) is 11.5. The summed E-state index contributed by atoms with van der Waals surface area (Å²) in [6.45, 7) is 6.09. The van der Waals surface area contributed by atoms with Crippen LogP contribution in [-0.2, 0) is 16.6 Å². The van der Waals surface area contributed by atoms with Gasteiger partial charge in [-0.05, 0) is 36.5 Å². The Bertz CT molecular complexity index is 1280. The molecule has 1 atom stereocenters. The van der Waals surface area contributed by atoms with Gasteiger partial charge in [0.15, 0.2) is 0 Å². The zero-order chi connectivity index (χ0) is 24.2. The third-order valence-electron chi connectivity index (χ3n) is 5.39. The highest BCUT2D eigenvalue weighted by Crippen LogP contribution is 2.41. The molecule has 0 bridgehead atoms. The number of hydrogen-bond acceptors (Lipinski definition) is 4. The number of nitrogens with one attached hydrogen (secondary N) is 1. The summed E-state index contributed by atoms with van der Waals surface area (Å²) in [5, 5.41) is -0.832. The van der Waals surface area contributed by atoms with E-state index in [1.165, 1.54) is 30.9 Å². The van der Waals surface area contributed by atoms with Crippen LogP contribution in [0.3, 0.4) is 0 Å². The van der Waals surface area contributed by atoms with Crippen LogP contribution in [0, 0.1) is 11.2 Å². The maximum Gasteiger partial charge on any atom is 0.408 e. The van der Waals surface area contributed by atoms with E-state index < -0.39 is 33.3 Å². The minimum Gasteiger partial charge on any atom is -0.347 e. The zero-order valence-electron chi connectivity index (χ0n) is 18.3. The van der Waals surface area contributed by atoms with Crippen molar-refractivity contribution in [3.05, 3.63) is 48.3 Å². The molecule has 3 aromatic rings. The molecule has 178 valence electrons. The smallest absolute Gasteiger partial charge is 0.347 e. The third-order valence-corrected chi connectivity index (χ3v) is 7.30. The summed E-state index contributed by atoms with van der Waals surface area (Å²) in [4.78, 5) is 7.85. The van der Waals surface area contributed by atoms with Gasteiger partial charge in [0.1, 0.15) is 18.2 Å². The molecule has 1 saturated carbocycles. The molecule has 6 nitrogen and oxygen atoms in total. The third kappa shape index (κ3) is 5.03. The minimum absolute atomic E-state index is 0.00428. The van der Waals surface area contributed by atoms with Crippen molar-refractivity contribution in [1.82, 2.24) is 19.3 Å². The second kappa shape index (κ2) is 8.05. The number of nitrogens with zero attached hydrogens (tertiary/aromatic N) is 3. The average molecular weight is 485 g/mol. The highest BCUT2D eigenvalue weighted by atomic mass is 32.2. The van der Waals surface area contributed by atoms with Gasteiger partial charge >= 0.3 is 6.18 Å². The largest absolute Gasteiger partial charge is 0.408 e. The first kappa shape index (κ1) is 23.6. The second-order valence-electron chi connectivity index (χ2n) is 9.55. The molecule has 0 radical (unpaired) electrons.